The molecule has 0 saturated heterocycles. The number of halogens is 1. The van der Waals surface area contributed by atoms with E-state index in [0.29, 0.717) is 10.6 Å². The molecule has 0 saturated carbocycles. The van der Waals surface area contributed by atoms with E-state index >= 15 is 0 Å². The van der Waals surface area contributed by atoms with Crippen molar-refractivity contribution in [3.8, 4) is 0 Å². The molecule has 1 amide bonds. The lowest BCUT2D eigenvalue weighted by Gasteiger charge is -2.07. The number of rotatable bonds is 3. The van der Waals surface area contributed by atoms with E-state index in [1.807, 2.05) is 0 Å². The third-order valence-electron chi connectivity index (χ3n) is 2.12. The predicted octanol–water partition coefficient (Wildman–Crippen LogP) is 0.949. The molecular weight excluding hydrogens is 280 g/mol. The summed E-state index contributed by atoms with van der Waals surface area (Å²) >= 11 is 5.70. The first-order valence-electron chi connectivity index (χ1n) is 4.72. The van der Waals surface area contributed by atoms with Gasteiger partial charge in [-0.2, -0.15) is 8.42 Å². The van der Waals surface area contributed by atoms with Gasteiger partial charge < -0.3 is 5.73 Å². The lowest BCUT2D eigenvalue weighted by molar-refractivity contribution is -0.115. The average Bonchev–Trinajstić information content (AvgIpc) is 2.26. The fourth-order valence-corrected chi connectivity index (χ4v) is 1.68. The molecule has 0 aliphatic rings. The van der Waals surface area contributed by atoms with Gasteiger partial charge in [-0.1, -0.05) is 23.7 Å². The van der Waals surface area contributed by atoms with Crippen LogP contribution in [0.1, 0.15) is 12.5 Å². The van der Waals surface area contributed by atoms with Gasteiger partial charge in [0.15, 0.2) is 0 Å². The summed E-state index contributed by atoms with van der Waals surface area (Å²) < 4.78 is 30.9. The van der Waals surface area contributed by atoms with E-state index in [4.69, 9.17) is 21.9 Å². The summed E-state index contributed by atoms with van der Waals surface area (Å²) in [5.41, 5.74) is 6.28. The maximum Gasteiger partial charge on any atom is 0.359 e. The minimum atomic E-state index is -4.60. The van der Waals surface area contributed by atoms with E-state index in [-0.39, 0.29) is 11.3 Å². The van der Waals surface area contributed by atoms with Crippen LogP contribution in [0.15, 0.2) is 29.8 Å². The molecule has 0 heterocycles. The Morgan fingerprint density at radius 1 is 1.33 bits per heavy atom. The van der Waals surface area contributed by atoms with E-state index in [1.54, 1.807) is 24.3 Å². The summed E-state index contributed by atoms with van der Waals surface area (Å²) in [7, 11) is -4.60. The van der Waals surface area contributed by atoms with Gasteiger partial charge in [0.25, 0.3) is 5.91 Å². The number of benzene rings is 1. The average molecular weight is 291 g/mol. The molecule has 0 fully saturated rings. The Kier molecular flexibility index (Phi) is 4.33. The van der Waals surface area contributed by atoms with Gasteiger partial charge >= 0.3 is 10.3 Å². The zero-order valence-electron chi connectivity index (χ0n) is 9.34. The van der Waals surface area contributed by atoms with E-state index in [1.165, 1.54) is 11.6 Å². The first-order chi connectivity index (χ1) is 8.20. The van der Waals surface area contributed by atoms with Crippen LogP contribution in [-0.4, -0.2) is 18.9 Å². The second-order valence-corrected chi connectivity index (χ2v) is 5.04. The normalized spacial score (nSPS) is 12.8. The summed E-state index contributed by atoms with van der Waals surface area (Å²) in [5, 5.41) is 0.506. The Labute approximate surface area is 109 Å². The van der Waals surface area contributed by atoms with E-state index in [0.717, 1.165) is 0 Å². The Morgan fingerprint density at radius 2 is 1.83 bits per heavy atom. The minimum Gasteiger partial charge on any atom is -0.398 e. The Hall–Kier alpha value is -1.57. The van der Waals surface area contributed by atoms with Gasteiger partial charge in [0.05, 0.1) is 0 Å². The van der Waals surface area contributed by atoms with Crippen LogP contribution in [0.25, 0.3) is 5.70 Å². The third kappa shape index (κ3) is 4.02. The molecule has 1 aromatic carbocycles. The summed E-state index contributed by atoms with van der Waals surface area (Å²) in [4.78, 5) is 11.4. The van der Waals surface area contributed by atoms with Crippen LogP contribution >= 0.6 is 11.6 Å². The van der Waals surface area contributed by atoms with Crippen LogP contribution < -0.4 is 10.5 Å². The molecule has 0 spiro atoms. The van der Waals surface area contributed by atoms with Gasteiger partial charge in [0, 0.05) is 16.3 Å². The Morgan fingerprint density at radius 3 is 2.28 bits per heavy atom. The highest BCUT2D eigenvalue weighted by Crippen LogP contribution is 2.16. The molecule has 0 aliphatic carbocycles. The summed E-state index contributed by atoms with van der Waals surface area (Å²) in [6.07, 6.45) is 0. The monoisotopic (exact) mass is 290 g/mol. The Bertz CT molecular complexity index is 593. The van der Waals surface area contributed by atoms with Gasteiger partial charge in [-0.05, 0) is 24.6 Å². The second kappa shape index (κ2) is 5.38. The third-order valence-corrected chi connectivity index (χ3v) is 2.82. The number of hydrogen-bond donors (Lipinski definition) is 3. The molecule has 18 heavy (non-hydrogen) atoms. The zero-order valence-corrected chi connectivity index (χ0v) is 10.9. The zero-order chi connectivity index (χ0) is 13.9. The van der Waals surface area contributed by atoms with Gasteiger partial charge in [0.1, 0.15) is 0 Å². The fourth-order valence-electron chi connectivity index (χ4n) is 1.16. The molecular formula is C10H11ClN2O4S. The molecule has 0 aliphatic heterocycles. The maximum atomic E-state index is 11.4. The Balaban J connectivity index is 3.05. The van der Waals surface area contributed by atoms with Crippen LogP contribution in [0.3, 0.4) is 0 Å². The molecule has 4 N–H and O–H groups in total. The van der Waals surface area contributed by atoms with Gasteiger partial charge in [0.2, 0.25) is 0 Å². The molecule has 6 nitrogen and oxygen atoms in total. The largest absolute Gasteiger partial charge is 0.398 e. The van der Waals surface area contributed by atoms with Crippen molar-refractivity contribution in [2.45, 2.75) is 6.92 Å². The van der Waals surface area contributed by atoms with Crippen molar-refractivity contribution in [3.63, 3.8) is 0 Å². The highest BCUT2D eigenvalue weighted by molar-refractivity contribution is 7.84. The summed E-state index contributed by atoms with van der Waals surface area (Å²) in [6, 6.07) is 6.33. The van der Waals surface area contributed by atoms with Crippen LogP contribution in [0.5, 0.6) is 0 Å². The number of nitrogens with two attached hydrogens (primary N) is 1. The van der Waals surface area contributed by atoms with E-state index < -0.39 is 16.2 Å². The first kappa shape index (κ1) is 14.5. The molecule has 1 aromatic rings. The number of carbonyl (C=O) groups excluding carboxylic acids is 1. The van der Waals surface area contributed by atoms with E-state index in [2.05, 4.69) is 0 Å². The van der Waals surface area contributed by atoms with Crippen LogP contribution in [0.4, 0.5) is 0 Å². The standard InChI is InChI=1S/C10H11ClN2O4S/c1-6(10(14)13-18(15,16)17)9(12)7-2-4-8(11)5-3-7/h2-5H,12H2,1H3,(H,13,14)(H,15,16,17). The lowest BCUT2D eigenvalue weighted by atomic mass is 10.1. The molecule has 0 bridgehead atoms. The number of nitrogens with one attached hydrogen (secondary N) is 1. The summed E-state index contributed by atoms with van der Waals surface area (Å²) in [5.74, 6) is -0.995. The predicted molar refractivity (Wildman–Crippen MR) is 67.9 cm³/mol. The van der Waals surface area contributed by atoms with Crippen molar-refractivity contribution in [1.82, 2.24) is 4.72 Å². The second-order valence-electron chi connectivity index (χ2n) is 3.45. The van der Waals surface area contributed by atoms with Gasteiger partial charge in [-0.15, -0.1) is 0 Å². The molecule has 0 atom stereocenters. The number of carbonyl (C=O) groups is 1. The van der Waals surface area contributed by atoms with Crippen LogP contribution in [-0.2, 0) is 15.1 Å². The van der Waals surface area contributed by atoms with Gasteiger partial charge in [-0.3, -0.25) is 9.35 Å². The molecule has 0 unspecified atom stereocenters. The lowest BCUT2D eigenvalue weighted by Crippen LogP contribution is -2.31. The van der Waals surface area contributed by atoms with Crippen LogP contribution in [0, 0.1) is 0 Å². The first-order valence-corrected chi connectivity index (χ1v) is 6.54. The molecule has 0 aromatic heterocycles. The maximum absolute atomic E-state index is 11.4. The quantitative estimate of drug-likeness (QED) is 0.567. The SMILES string of the molecule is CC(C(=O)NS(=O)(=O)O)=C(N)c1ccc(Cl)cc1. The van der Waals surface area contributed by atoms with Crippen molar-refractivity contribution in [2.75, 3.05) is 0 Å². The fraction of sp³-hybridized carbons (Fsp3) is 0.100. The topological polar surface area (TPSA) is 109 Å². The van der Waals surface area contributed by atoms with Crippen molar-refractivity contribution in [2.24, 2.45) is 5.73 Å². The van der Waals surface area contributed by atoms with Crippen LogP contribution in [0.2, 0.25) is 5.02 Å². The van der Waals surface area contributed by atoms with Crippen molar-refractivity contribution >= 4 is 33.5 Å². The number of amides is 1. The smallest absolute Gasteiger partial charge is 0.359 e. The molecule has 98 valence electrons. The molecule has 1 rings (SSSR count). The van der Waals surface area contributed by atoms with Crippen molar-refractivity contribution in [1.29, 1.82) is 0 Å². The highest BCUT2D eigenvalue weighted by Gasteiger charge is 2.15. The minimum absolute atomic E-state index is 0.0325. The van der Waals surface area contributed by atoms with Crippen molar-refractivity contribution in [3.05, 3.63) is 40.4 Å². The summed E-state index contributed by atoms with van der Waals surface area (Å²) in [6.45, 7) is 1.34. The van der Waals surface area contributed by atoms with E-state index in [9.17, 15) is 13.2 Å². The number of hydrogen-bond acceptors (Lipinski definition) is 4. The van der Waals surface area contributed by atoms with Crippen molar-refractivity contribution < 1.29 is 17.8 Å². The molecule has 0 radical (unpaired) electrons. The molecule has 8 heteroatoms. The highest BCUT2D eigenvalue weighted by atomic mass is 35.5. The van der Waals surface area contributed by atoms with Gasteiger partial charge in [-0.25, -0.2) is 4.72 Å².